The molecule has 0 N–H and O–H groups in total. The second-order valence-corrected chi connectivity index (χ2v) is 6.70. The predicted molar refractivity (Wildman–Crippen MR) is 96.1 cm³/mol. The molecule has 25 heavy (non-hydrogen) atoms. The molecule has 0 unspecified atom stereocenters. The number of carbonyl (C=O) groups excluding carboxylic acids is 1. The largest absolute Gasteiger partial charge is 0.336 e. The van der Waals surface area contributed by atoms with E-state index in [-0.39, 0.29) is 24.1 Å². The molecule has 1 saturated heterocycles. The van der Waals surface area contributed by atoms with E-state index in [2.05, 4.69) is 22.9 Å². The third-order valence-corrected chi connectivity index (χ3v) is 4.62. The van der Waals surface area contributed by atoms with E-state index in [1.807, 2.05) is 30.2 Å². The summed E-state index contributed by atoms with van der Waals surface area (Å²) >= 11 is 0. The average Bonchev–Trinajstić information content (AvgIpc) is 2.58. The van der Waals surface area contributed by atoms with Crippen molar-refractivity contribution in [2.75, 3.05) is 19.6 Å². The van der Waals surface area contributed by atoms with Crippen molar-refractivity contribution in [2.24, 2.45) is 0 Å². The molecule has 1 atom stereocenters. The highest BCUT2D eigenvalue weighted by Crippen LogP contribution is 2.13. The Labute approximate surface area is 147 Å². The van der Waals surface area contributed by atoms with Gasteiger partial charge in [-0.3, -0.25) is 19.5 Å². The number of pyridine rings is 2. The highest BCUT2D eigenvalue weighted by atomic mass is 16.2. The van der Waals surface area contributed by atoms with Crippen molar-refractivity contribution in [1.29, 1.82) is 0 Å². The lowest BCUT2D eigenvalue weighted by Crippen LogP contribution is -2.54. The topological polar surface area (TPSA) is 58.4 Å². The Bertz CT molecular complexity index is 788. The first kappa shape index (κ1) is 17.4. The standard InChI is InChI=1S/C19H24N4O2/c1-15-5-7-22(18(24)10-15)14-19(25)23-9-8-21(12-16(23)2)13-17-4-3-6-20-11-17/h3-7,10-11,16H,8-9,12-14H2,1-2H3/t16-/m0/s1. The summed E-state index contributed by atoms with van der Waals surface area (Å²) < 4.78 is 1.48. The smallest absolute Gasteiger partial charge is 0.251 e. The molecule has 2 aromatic rings. The van der Waals surface area contributed by atoms with Gasteiger partial charge < -0.3 is 9.47 Å². The number of aryl methyl sites for hydroxylation is 1. The minimum Gasteiger partial charge on any atom is -0.336 e. The molecule has 1 amide bonds. The van der Waals surface area contributed by atoms with E-state index in [1.165, 1.54) is 10.1 Å². The summed E-state index contributed by atoms with van der Waals surface area (Å²) in [5, 5.41) is 0. The molecule has 0 aromatic carbocycles. The lowest BCUT2D eigenvalue weighted by atomic mass is 10.1. The highest BCUT2D eigenvalue weighted by molar-refractivity contribution is 5.76. The SMILES string of the molecule is Cc1ccn(CC(=O)N2CCN(Cc3cccnc3)C[C@@H]2C)c(=O)c1. The fourth-order valence-electron chi connectivity index (χ4n) is 3.27. The van der Waals surface area contributed by atoms with Crippen LogP contribution in [0.1, 0.15) is 18.1 Å². The zero-order valence-electron chi connectivity index (χ0n) is 14.8. The summed E-state index contributed by atoms with van der Waals surface area (Å²) in [4.78, 5) is 33.0. The Balaban J connectivity index is 1.59. The Kier molecular flexibility index (Phi) is 5.28. The maximum atomic E-state index is 12.6. The lowest BCUT2D eigenvalue weighted by Gasteiger charge is -2.40. The fraction of sp³-hybridized carbons (Fsp3) is 0.421. The summed E-state index contributed by atoms with van der Waals surface area (Å²) in [5.74, 6) is -0.000481. The lowest BCUT2D eigenvalue weighted by molar-refractivity contribution is -0.136. The van der Waals surface area contributed by atoms with Crippen molar-refractivity contribution in [3.8, 4) is 0 Å². The number of rotatable bonds is 4. The average molecular weight is 340 g/mol. The molecule has 3 rings (SSSR count). The van der Waals surface area contributed by atoms with Gasteiger partial charge in [0.2, 0.25) is 5.91 Å². The third kappa shape index (κ3) is 4.33. The molecule has 0 radical (unpaired) electrons. The van der Waals surface area contributed by atoms with E-state index in [9.17, 15) is 9.59 Å². The zero-order valence-corrected chi connectivity index (χ0v) is 14.8. The second-order valence-electron chi connectivity index (χ2n) is 6.70. The van der Waals surface area contributed by atoms with Crippen LogP contribution in [0, 0.1) is 6.92 Å². The Morgan fingerprint density at radius 2 is 2.16 bits per heavy atom. The number of nitrogens with zero attached hydrogens (tertiary/aromatic N) is 4. The van der Waals surface area contributed by atoms with Crippen LogP contribution in [-0.4, -0.2) is 50.9 Å². The van der Waals surface area contributed by atoms with Crippen molar-refractivity contribution in [3.05, 3.63) is 64.3 Å². The normalized spacial score (nSPS) is 18.3. The van der Waals surface area contributed by atoms with Gasteiger partial charge >= 0.3 is 0 Å². The van der Waals surface area contributed by atoms with Crippen LogP contribution >= 0.6 is 0 Å². The van der Waals surface area contributed by atoms with E-state index in [1.54, 1.807) is 18.5 Å². The number of piperazine rings is 1. The van der Waals surface area contributed by atoms with Crippen molar-refractivity contribution >= 4 is 5.91 Å². The molecule has 1 aliphatic rings. The predicted octanol–water partition coefficient (Wildman–Crippen LogP) is 1.28. The van der Waals surface area contributed by atoms with Crippen LogP contribution in [0.5, 0.6) is 0 Å². The molecule has 6 nitrogen and oxygen atoms in total. The van der Waals surface area contributed by atoms with Gasteiger partial charge in [-0.2, -0.15) is 0 Å². The number of amides is 1. The van der Waals surface area contributed by atoms with Gasteiger partial charge in [0.05, 0.1) is 0 Å². The summed E-state index contributed by atoms with van der Waals surface area (Å²) in [6.07, 6.45) is 5.35. The zero-order chi connectivity index (χ0) is 17.8. The first-order valence-electron chi connectivity index (χ1n) is 8.61. The van der Waals surface area contributed by atoms with Crippen LogP contribution in [0.3, 0.4) is 0 Å². The Morgan fingerprint density at radius 3 is 2.84 bits per heavy atom. The molecule has 1 aliphatic heterocycles. The van der Waals surface area contributed by atoms with Crippen LogP contribution in [0.4, 0.5) is 0 Å². The van der Waals surface area contributed by atoms with Crippen LogP contribution < -0.4 is 5.56 Å². The Hall–Kier alpha value is -2.47. The van der Waals surface area contributed by atoms with Gasteiger partial charge in [0.15, 0.2) is 0 Å². The van der Waals surface area contributed by atoms with E-state index >= 15 is 0 Å². The van der Waals surface area contributed by atoms with E-state index in [4.69, 9.17) is 0 Å². The van der Waals surface area contributed by atoms with Gasteiger partial charge in [-0.25, -0.2) is 0 Å². The van der Waals surface area contributed by atoms with Crippen LogP contribution in [0.2, 0.25) is 0 Å². The van der Waals surface area contributed by atoms with Gasteiger partial charge in [0, 0.05) is 56.9 Å². The van der Waals surface area contributed by atoms with Crippen LogP contribution in [0.15, 0.2) is 47.7 Å². The molecule has 6 heteroatoms. The molecule has 0 saturated carbocycles. The molecular weight excluding hydrogens is 316 g/mol. The first-order valence-corrected chi connectivity index (χ1v) is 8.61. The summed E-state index contributed by atoms with van der Waals surface area (Å²) in [6, 6.07) is 7.54. The molecule has 0 spiro atoms. The van der Waals surface area contributed by atoms with Gasteiger partial charge in [-0.05, 0) is 37.1 Å². The molecular formula is C19H24N4O2. The molecule has 132 valence electrons. The van der Waals surface area contributed by atoms with E-state index in [0.29, 0.717) is 6.54 Å². The van der Waals surface area contributed by atoms with Crippen molar-refractivity contribution in [2.45, 2.75) is 33.0 Å². The maximum Gasteiger partial charge on any atom is 0.251 e. The molecule has 3 heterocycles. The van der Waals surface area contributed by atoms with Crippen molar-refractivity contribution in [1.82, 2.24) is 19.4 Å². The molecule has 0 bridgehead atoms. The monoisotopic (exact) mass is 340 g/mol. The molecule has 1 fully saturated rings. The van der Waals surface area contributed by atoms with Crippen molar-refractivity contribution in [3.63, 3.8) is 0 Å². The van der Waals surface area contributed by atoms with E-state index in [0.717, 1.165) is 25.2 Å². The maximum absolute atomic E-state index is 12.6. The minimum atomic E-state index is -0.129. The number of carbonyl (C=O) groups is 1. The highest BCUT2D eigenvalue weighted by Gasteiger charge is 2.27. The molecule has 2 aromatic heterocycles. The van der Waals surface area contributed by atoms with Crippen LogP contribution in [0.25, 0.3) is 0 Å². The van der Waals surface area contributed by atoms with Crippen molar-refractivity contribution < 1.29 is 4.79 Å². The van der Waals surface area contributed by atoms with Gasteiger partial charge in [0.1, 0.15) is 6.54 Å². The fourth-order valence-corrected chi connectivity index (χ4v) is 3.27. The molecule has 0 aliphatic carbocycles. The number of hydrogen-bond donors (Lipinski definition) is 0. The minimum absolute atomic E-state index is 0.000481. The van der Waals surface area contributed by atoms with Gasteiger partial charge in [-0.15, -0.1) is 0 Å². The van der Waals surface area contributed by atoms with Crippen LogP contribution in [-0.2, 0) is 17.9 Å². The summed E-state index contributed by atoms with van der Waals surface area (Å²) in [6.45, 7) is 7.21. The third-order valence-electron chi connectivity index (χ3n) is 4.62. The van der Waals surface area contributed by atoms with Gasteiger partial charge in [-0.1, -0.05) is 6.07 Å². The first-order chi connectivity index (χ1) is 12.0. The van der Waals surface area contributed by atoms with E-state index < -0.39 is 0 Å². The summed E-state index contributed by atoms with van der Waals surface area (Å²) in [7, 11) is 0. The quantitative estimate of drug-likeness (QED) is 0.841. The van der Waals surface area contributed by atoms with Gasteiger partial charge in [0.25, 0.3) is 5.56 Å². The summed E-state index contributed by atoms with van der Waals surface area (Å²) in [5.41, 5.74) is 1.96. The number of aromatic nitrogens is 2. The second kappa shape index (κ2) is 7.61. The Morgan fingerprint density at radius 1 is 1.32 bits per heavy atom. The number of hydrogen-bond acceptors (Lipinski definition) is 4.